The lowest BCUT2D eigenvalue weighted by Crippen LogP contribution is -2.51. The van der Waals surface area contributed by atoms with Crippen molar-refractivity contribution in [2.75, 3.05) is 26.4 Å². The molecule has 4 fully saturated rings. The summed E-state index contributed by atoms with van der Waals surface area (Å²) in [5.74, 6) is 2.03. The first-order chi connectivity index (χ1) is 58.2. The third kappa shape index (κ3) is 64.7. The van der Waals surface area contributed by atoms with Gasteiger partial charge in [-0.1, -0.05) is 143 Å². The van der Waals surface area contributed by atoms with Crippen molar-refractivity contribution in [2.45, 2.75) is 479 Å². The van der Waals surface area contributed by atoms with Crippen molar-refractivity contribution in [3.63, 3.8) is 0 Å². The molecule has 4 rings (SSSR count). The van der Waals surface area contributed by atoms with Crippen molar-refractivity contribution >= 4 is 60.0 Å². The van der Waals surface area contributed by atoms with Crippen LogP contribution in [0.4, 0.5) is 33.6 Å². The fourth-order valence-corrected chi connectivity index (χ4v) is 12.0. The lowest BCUT2D eigenvalue weighted by atomic mass is 9.92. The van der Waals surface area contributed by atoms with Crippen molar-refractivity contribution in [1.29, 1.82) is 0 Å². The van der Waals surface area contributed by atoms with Crippen LogP contribution in [0.25, 0.3) is 0 Å². The number of aliphatic hydroxyl groups excluding tert-OH is 4. The molecular weight excluding hydrogens is 1700 g/mol. The Morgan fingerprint density at radius 3 is 0.621 bits per heavy atom. The first-order valence-electron chi connectivity index (χ1n) is 46.1. The highest BCUT2D eigenvalue weighted by Gasteiger charge is 2.54. The van der Waals surface area contributed by atoms with Gasteiger partial charge in [-0.2, -0.15) is 0 Å². The number of carbonyl (C=O) groups excluding carboxylic acids is 10. The highest BCUT2D eigenvalue weighted by atomic mass is 16.6. The SMILES string of the molecule is C.C.C=C(C)C(=O)[C@H](CC(C)C)NC(=O)OC(C)(C)C.C=C(C)[C@@H](O)[C@H](CC(C)C)NC(=O)OC(C)(C)C.C=C(C)[C@H](O)[C@H](CC(C)C)NC(=O)OC(C)(C)C.CC(C)C[C@H](NC(=O)OC(C)(C)C)C(=O)[C@@]1(C)CO1.CC(C)C[C@H](NC(=O)OC(C)(C)C)C(=O)[C@]1(C)CO1.CC(C)C[C@H](NC(=O)OC(C)(C)C)[C@@H](O)[C@]1(C)CO1.CC(C)C[C@H](NC(=O)OC(C)(C)C)[C@H](O)[C@@]1(C)CO1. The number of carbonyl (C=O) groups is 10. The minimum Gasteiger partial charge on any atom is -0.444 e. The van der Waals surface area contributed by atoms with Crippen molar-refractivity contribution < 1.29 is 120 Å². The topological polar surface area (TPSA) is 451 Å². The number of rotatable bonds is 35. The van der Waals surface area contributed by atoms with Crippen molar-refractivity contribution in [2.24, 2.45) is 41.4 Å². The van der Waals surface area contributed by atoms with Gasteiger partial charge in [0.25, 0.3) is 0 Å². The van der Waals surface area contributed by atoms with E-state index in [4.69, 9.17) is 52.1 Å². The molecule has 4 aliphatic heterocycles. The molecule has 0 aromatic rings. The van der Waals surface area contributed by atoms with Gasteiger partial charge in [-0.05, 0) is 286 Å². The molecule has 776 valence electrons. The van der Waals surface area contributed by atoms with E-state index in [0.29, 0.717) is 130 Å². The fraction of sp³-hybridized carbons (Fsp3) is 0.840. The second-order valence-corrected chi connectivity index (χ2v) is 45.6. The van der Waals surface area contributed by atoms with Gasteiger partial charge in [0.1, 0.15) is 73.8 Å². The number of Topliss-reactive ketones (excluding diaryl/α,β-unsaturated/α-hetero) is 3. The minimum atomic E-state index is -0.750. The van der Waals surface area contributed by atoms with Crippen LogP contribution >= 0.6 is 0 Å². The molecule has 4 heterocycles. The maximum Gasteiger partial charge on any atom is 0.408 e. The molecule has 0 aromatic carbocycles. The lowest BCUT2D eigenvalue weighted by Gasteiger charge is -2.29. The number of alkyl carbamates (subject to hydrolysis) is 7. The van der Waals surface area contributed by atoms with Crippen LogP contribution in [0.5, 0.6) is 0 Å². The molecule has 0 aromatic heterocycles. The molecule has 11 N–H and O–H groups in total. The summed E-state index contributed by atoms with van der Waals surface area (Å²) in [4.78, 5) is 119. The minimum absolute atomic E-state index is 0. The molecule has 4 aliphatic rings. The third-order valence-corrected chi connectivity index (χ3v) is 18.5. The van der Waals surface area contributed by atoms with Crippen LogP contribution < -0.4 is 37.2 Å². The van der Waals surface area contributed by atoms with E-state index in [-0.39, 0.29) is 56.4 Å². The van der Waals surface area contributed by atoms with Crippen LogP contribution in [0.2, 0.25) is 0 Å². The first-order valence-corrected chi connectivity index (χ1v) is 46.1. The summed E-state index contributed by atoms with van der Waals surface area (Å²) in [5.41, 5.74) is -4.70. The number of nitrogens with one attached hydrogen (secondary N) is 7. The number of aliphatic hydroxyl groups is 4. The standard InChI is InChI=1S/2C14H27NO4.2C14H25NO4.2C14H27NO3.C14H25NO3.2CH4/c4*1-9(2)7-10(11(16)14(6)8-18-14)15-12(17)19-13(3,4)5;3*1-9(2)8-11(12(16)10(3)4)15-13(17)18-14(5,6)7;;/h2*9-11,16H,7-8H2,1-6H3,(H,15,17);2*9-10H,7-8H2,1-6H3,(H,15,17);2*9,11-12,16H,3,8H2,1-2,4-7H3,(H,15,17);9,11H,3,8H2,1-2,4-7H3,(H,15,17);2*1H4/t10-,11+,14-;10-,11-,14+;10-,14+;10-,14-;11-,12+;11-,12-;11-;;/m0000000../s1. The molecular formula is C100H191N7O25. The molecule has 0 radical (unpaired) electrons. The summed E-state index contributed by atoms with van der Waals surface area (Å²) in [6, 6.07) is -3.11. The summed E-state index contributed by atoms with van der Waals surface area (Å²) in [6.07, 6.45) is -2.19. The van der Waals surface area contributed by atoms with Gasteiger partial charge in [0.2, 0.25) is 0 Å². The maximum absolute atomic E-state index is 12.3. The fourth-order valence-electron chi connectivity index (χ4n) is 12.0. The number of amides is 7. The average molecular weight is 1890 g/mol. The van der Waals surface area contributed by atoms with Gasteiger partial charge in [0.05, 0.1) is 80.9 Å². The zero-order valence-corrected chi connectivity index (χ0v) is 88.2. The zero-order chi connectivity index (χ0) is 103. The van der Waals surface area contributed by atoms with E-state index in [1.54, 1.807) is 138 Å². The average Bonchev–Trinajstić information content (AvgIpc) is 1.66. The highest BCUT2D eigenvalue weighted by molar-refractivity contribution is 6.00. The zero-order valence-electron chi connectivity index (χ0n) is 88.2. The molecule has 7 amide bonds. The summed E-state index contributed by atoms with van der Waals surface area (Å²) in [5, 5.41) is 59.5. The van der Waals surface area contributed by atoms with E-state index in [0.717, 1.165) is 0 Å². The van der Waals surface area contributed by atoms with Crippen LogP contribution in [0.3, 0.4) is 0 Å². The Balaban J connectivity index is -0.000000474. The normalized spacial score (nSPS) is 20.2. The quantitative estimate of drug-likeness (QED) is 0.0121. The molecule has 15 atom stereocenters. The van der Waals surface area contributed by atoms with Crippen LogP contribution in [0.15, 0.2) is 36.5 Å². The largest absolute Gasteiger partial charge is 0.444 e. The van der Waals surface area contributed by atoms with E-state index in [1.165, 1.54) is 0 Å². The smallest absolute Gasteiger partial charge is 0.408 e. The molecule has 0 bridgehead atoms. The Hall–Kier alpha value is -7.20. The molecule has 32 heteroatoms. The van der Waals surface area contributed by atoms with Crippen LogP contribution in [-0.4, -0.2) is 235 Å². The second-order valence-electron chi connectivity index (χ2n) is 45.6. The Bertz CT molecular complexity index is 3330. The van der Waals surface area contributed by atoms with Gasteiger partial charge in [-0.25, -0.2) is 33.6 Å². The molecule has 132 heavy (non-hydrogen) atoms. The van der Waals surface area contributed by atoms with Gasteiger partial charge < -0.3 is 110 Å². The third-order valence-electron chi connectivity index (χ3n) is 18.5. The predicted octanol–water partition coefficient (Wildman–Crippen LogP) is 18.8. The number of ether oxygens (including phenoxy) is 11. The number of epoxide rings is 4. The van der Waals surface area contributed by atoms with E-state index in [1.807, 2.05) is 152 Å². The summed E-state index contributed by atoms with van der Waals surface area (Å²) in [7, 11) is 0. The van der Waals surface area contributed by atoms with Gasteiger partial charge >= 0.3 is 42.7 Å². The molecule has 0 saturated carbocycles. The molecule has 4 saturated heterocycles. The Kier molecular flexibility index (Phi) is 57.7. The maximum atomic E-state index is 12.3. The molecule has 0 aliphatic carbocycles. The predicted molar refractivity (Wildman–Crippen MR) is 523 cm³/mol. The molecule has 0 unspecified atom stereocenters. The summed E-state index contributed by atoms with van der Waals surface area (Å²) < 4.78 is 57.2. The summed E-state index contributed by atoms with van der Waals surface area (Å²) in [6.45, 7) is 91.4. The number of hydrogen-bond acceptors (Lipinski definition) is 25. The van der Waals surface area contributed by atoms with E-state index in [9.17, 15) is 68.4 Å². The van der Waals surface area contributed by atoms with Crippen molar-refractivity contribution in [3.05, 3.63) is 36.5 Å². The molecule has 0 spiro atoms. The van der Waals surface area contributed by atoms with Crippen LogP contribution in [0.1, 0.15) is 351 Å². The first kappa shape index (κ1) is 133. The van der Waals surface area contributed by atoms with Gasteiger partial charge in [-0.15, -0.1) is 0 Å². The van der Waals surface area contributed by atoms with Gasteiger partial charge in [0.15, 0.2) is 17.3 Å². The van der Waals surface area contributed by atoms with Gasteiger partial charge in [0, 0.05) is 0 Å². The van der Waals surface area contributed by atoms with Gasteiger partial charge in [-0.3, -0.25) is 14.4 Å². The van der Waals surface area contributed by atoms with E-state index in [2.05, 4.69) is 57.0 Å². The highest BCUT2D eigenvalue weighted by Crippen LogP contribution is 2.36. The van der Waals surface area contributed by atoms with Crippen molar-refractivity contribution in [3.8, 4) is 0 Å². The Labute approximate surface area is 797 Å². The number of hydrogen-bond donors (Lipinski definition) is 11. The lowest BCUT2D eigenvalue weighted by molar-refractivity contribution is -0.126. The second kappa shape index (κ2) is 57.1. The summed E-state index contributed by atoms with van der Waals surface area (Å²) >= 11 is 0. The van der Waals surface area contributed by atoms with Crippen LogP contribution in [0, 0.1) is 41.4 Å². The molecule has 32 nitrogen and oxygen atoms in total. The van der Waals surface area contributed by atoms with Crippen LogP contribution in [-0.2, 0) is 66.5 Å². The van der Waals surface area contributed by atoms with Crippen molar-refractivity contribution in [1.82, 2.24) is 37.2 Å². The van der Waals surface area contributed by atoms with E-state index < -0.39 is 147 Å². The Morgan fingerprint density at radius 1 is 0.295 bits per heavy atom. The van der Waals surface area contributed by atoms with E-state index >= 15 is 0 Å². The number of ketones is 3. The monoisotopic (exact) mass is 1890 g/mol. The Morgan fingerprint density at radius 2 is 0.462 bits per heavy atom.